The molecule has 0 spiro atoms. The number of hydrogen-bond acceptors (Lipinski definition) is 6. The first kappa shape index (κ1) is 50.6. The van der Waals surface area contributed by atoms with Gasteiger partial charge in [-0.05, 0) is 64.2 Å². The van der Waals surface area contributed by atoms with Gasteiger partial charge in [-0.15, -0.1) is 0 Å². The highest BCUT2D eigenvalue weighted by Gasteiger charge is 2.19. The lowest BCUT2D eigenvalue weighted by Crippen LogP contribution is -2.30. The average Bonchev–Trinajstić information content (AvgIpc) is 3.15. The molecule has 0 aromatic rings. The van der Waals surface area contributed by atoms with Crippen LogP contribution in [0.5, 0.6) is 0 Å². The SMILES string of the molecule is CCCC/C=C\C=C/CCCCCC(=O)OC(COC(=O)CCCCC/C=C\CCCCCCCC)COC(=O)CCCCCCCCCCCCC. The van der Waals surface area contributed by atoms with Crippen molar-refractivity contribution in [3.8, 4) is 0 Å². The van der Waals surface area contributed by atoms with Crippen LogP contribution in [0, 0.1) is 0 Å². The third-order valence-corrected chi connectivity index (χ3v) is 9.65. The number of rotatable bonds is 40. The van der Waals surface area contributed by atoms with E-state index in [9.17, 15) is 14.4 Å². The van der Waals surface area contributed by atoms with Gasteiger partial charge in [0.2, 0.25) is 0 Å². The zero-order chi connectivity index (χ0) is 38.7. The summed E-state index contributed by atoms with van der Waals surface area (Å²) in [6.45, 7) is 6.52. The molecule has 0 fully saturated rings. The van der Waals surface area contributed by atoms with Crippen LogP contribution < -0.4 is 0 Å². The molecule has 0 aromatic carbocycles. The molecule has 6 nitrogen and oxygen atoms in total. The van der Waals surface area contributed by atoms with Crippen molar-refractivity contribution in [2.75, 3.05) is 13.2 Å². The predicted molar refractivity (Wildman–Crippen MR) is 224 cm³/mol. The minimum atomic E-state index is -0.785. The minimum absolute atomic E-state index is 0.0858. The monoisotopic (exact) mass is 745 g/mol. The highest BCUT2D eigenvalue weighted by Crippen LogP contribution is 2.14. The smallest absolute Gasteiger partial charge is 0.306 e. The van der Waals surface area contributed by atoms with E-state index in [0.717, 1.165) is 83.5 Å². The molecule has 1 atom stereocenters. The van der Waals surface area contributed by atoms with Gasteiger partial charge >= 0.3 is 17.9 Å². The first-order chi connectivity index (χ1) is 26.0. The van der Waals surface area contributed by atoms with Crippen molar-refractivity contribution in [1.82, 2.24) is 0 Å². The lowest BCUT2D eigenvalue weighted by atomic mass is 10.1. The van der Waals surface area contributed by atoms with Crippen LogP contribution in [-0.4, -0.2) is 37.2 Å². The third-order valence-electron chi connectivity index (χ3n) is 9.65. The Bertz CT molecular complexity index is 907. The van der Waals surface area contributed by atoms with E-state index >= 15 is 0 Å². The van der Waals surface area contributed by atoms with Gasteiger partial charge in [-0.1, -0.05) is 179 Å². The van der Waals surface area contributed by atoms with Gasteiger partial charge in [0.25, 0.3) is 0 Å². The predicted octanol–water partition coefficient (Wildman–Crippen LogP) is 14.2. The maximum Gasteiger partial charge on any atom is 0.306 e. The van der Waals surface area contributed by atoms with Gasteiger partial charge in [-0.25, -0.2) is 0 Å². The normalized spacial score (nSPS) is 12.3. The van der Waals surface area contributed by atoms with Crippen LogP contribution in [0.2, 0.25) is 0 Å². The molecule has 308 valence electrons. The topological polar surface area (TPSA) is 78.9 Å². The molecule has 0 aliphatic heterocycles. The summed E-state index contributed by atoms with van der Waals surface area (Å²) in [5.41, 5.74) is 0. The first-order valence-corrected chi connectivity index (χ1v) is 22.5. The van der Waals surface area contributed by atoms with Crippen LogP contribution >= 0.6 is 0 Å². The summed E-state index contributed by atoms with van der Waals surface area (Å²) in [7, 11) is 0. The molecule has 0 saturated heterocycles. The van der Waals surface area contributed by atoms with E-state index < -0.39 is 6.10 Å². The number of allylic oxidation sites excluding steroid dienone is 6. The second-order valence-corrected chi connectivity index (χ2v) is 15.0. The van der Waals surface area contributed by atoms with E-state index in [1.165, 1.54) is 103 Å². The number of ether oxygens (including phenoxy) is 3. The van der Waals surface area contributed by atoms with E-state index in [1.54, 1.807) is 0 Å². The Kier molecular flexibility index (Phi) is 40.5. The molecule has 6 heteroatoms. The number of carbonyl (C=O) groups is 3. The second-order valence-electron chi connectivity index (χ2n) is 15.0. The van der Waals surface area contributed by atoms with Gasteiger partial charge in [0.05, 0.1) is 0 Å². The van der Waals surface area contributed by atoms with Crippen molar-refractivity contribution in [2.45, 2.75) is 232 Å². The Morgan fingerprint density at radius 1 is 0.377 bits per heavy atom. The summed E-state index contributed by atoms with van der Waals surface area (Å²) in [4.78, 5) is 37.6. The van der Waals surface area contributed by atoms with Gasteiger partial charge < -0.3 is 14.2 Å². The molecule has 0 N–H and O–H groups in total. The number of hydrogen-bond donors (Lipinski definition) is 0. The molecule has 0 saturated carbocycles. The van der Waals surface area contributed by atoms with Crippen LogP contribution in [-0.2, 0) is 28.6 Å². The van der Waals surface area contributed by atoms with E-state index in [1.807, 2.05) is 0 Å². The van der Waals surface area contributed by atoms with Crippen molar-refractivity contribution >= 4 is 17.9 Å². The lowest BCUT2D eigenvalue weighted by molar-refractivity contribution is -0.167. The highest BCUT2D eigenvalue weighted by atomic mass is 16.6. The van der Waals surface area contributed by atoms with Crippen LogP contribution in [0.4, 0.5) is 0 Å². The van der Waals surface area contributed by atoms with Gasteiger partial charge in [0.1, 0.15) is 13.2 Å². The fourth-order valence-corrected chi connectivity index (χ4v) is 6.18. The van der Waals surface area contributed by atoms with Crippen LogP contribution in [0.25, 0.3) is 0 Å². The van der Waals surface area contributed by atoms with Crippen molar-refractivity contribution in [3.05, 3.63) is 36.5 Å². The Morgan fingerprint density at radius 3 is 1.13 bits per heavy atom. The fourth-order valence-electron chi connectivity index (χ4n) is 6.18. The minimum Gasteiger partial charge on any atom is -0.462 e. The van der Waals surface area contributed by atoms with Crippen LogP contribution in [0.1, 0.15) is 226 Å². The Balaban J connectivity index is 4.42. The molecule has 0 rings (SSSR count). The molecule has 0 aliphatic rings. The molecule has 1 unspecified atom stereocenters. The molecule has 0 amide bonds. The Morgan fingerprint density at radius 2 is 0.698 bits per heavy atom. The van der Waals surface area contributed by atoms with Crippen molar-refractivity contribution in [3.63, 3.8) is 0 Å². The molecular formula is C47H84O6. The van der Waals surface area contributed by atoms with Crippen molar-refractivity contribution in [2.24, 2.45) is 0 Å². The number of esters is 3. The Labute approximate surface area is 327 Å². The summed E-state index contributed by atoms with van der Waals surface area (Å²) in [6.07, 6.45) is 47.0. The van der Waals surface area contributed by atoms with Gasteiger partial charge in [-0.2, -0.15) is 0 Å². The van der Waals surface area contributed by atoms with E-state index in [2.05, 4.69) is 57.2 Å². The van der Waals surface area contributed by atoms with Gasteiger partial charge in [-0.3, -0.25) is 14.4 Å². The zero-order valence-electron chi connectivity index (χ0n) is 35.0. The third kappa shape index (κ3) is 40.6. The van der Waals surface area contributed by atoms with Gasteiger partial charge in [0, 0.05) is 19.3 Å². The number of carbonyl (C=O) groups excluding carboxylic acids is 3. The molecule has 0 aromatic heterocycles. The molecule has 0 radical (unpaired) electrons. The largest absolute Gasteiger partial charge is 0.462 e. The van der Waals surface area contributed by atoms with Crippen molar-refractivity contribution < 1.29 is 28.6 Å². The maximum absolute atomic E-state index is 12.7. The Hall–Kier alpha value is -2.37. The second kappa shape index (κ2) is 42.4. The molecular weight excluding hydrogens is 661 g/mol. The molecule has 0 heterocycles. The van der Waals surface area contributed by atoms with E-state index in [0.29, 0.717) is 19.3 Å². The maximum atomic E-state index is 12.7. The fraction of sp³-hybridized carbons (Fsp3) is 0.809. The summed E-state index contributed by atoms with van der Waals surface area (Å²) in [5.74, 6) is -0.931. The number of unbranched alkanes of at least 4 members (excludes halogenated alkanes) is 24. The van der Waals surface area contributed by atoms with E-state index in [4.69, 9.17) is 14.2 Å². The van der Waals surface area contributed by atoms with Crippen molar-refractivity contribution in [1.29, 1.82) is 0 Å². The van der Waals surface area contributed by atoms with Crippen LogP contribution in [0.3, 0.4) is 0 Å². The highest BCUT2D eigenvalue weighted by molar-refractivity contribution is 5.71. The lowest BCUT2D eigenvalue weighted by Gasteiger charge is -2.18. The summed E-state index contributed by atoms with van der Waals surface area (Å²) in [5, 5.41) is 0. The summed E-state index contributed by atoms with van der Waals surface area (Å²) in [6, 6.07) is 0. The molecule has 0 bridgehead atoms. The van der Waals surface area contributed by atoms with Crippen LogP contribution in [0.15, 0.2) is 36.5 Å². The first-order valence-electron chi connectivity index (χ1n) is 22.5. The zero-order valence-corrected chi connectivity index (χ0v) is 35.0. The molecule has 0 aliphatic carbocycles. The van der Waals surface area contributed by atoms with Gasteiger partial charge in [0.15, 0.2) is 6.10 Å². The quantitative estimate of drug-likeness (QED) is 0.0204. The summed E-state index contributed by atoms with van der Waals surface area (Å²) < 4.78 is 16.6. The van der Waals surface area contributed by atoms with E-state index in [-0.39, 0.29) is 31.1 Å². The summed E-state index contributed by atoms with van der Waals surface area (Å²) >= 11 is 0. The average molecular weight is 745 g/mol. The molecule has 53 heavy (non-hydrogen) atoms. The standard InChI is InChI=1S/C47H84O6/c1-4-7-10-13-16-19-22-23-26-28-31-34-37-40-46(49)52-43-44(53-47(50)41-38-35-32-29-25-21-18-15-12-9-6-3)42-51-45(48)39-36-33-30-27-24-20-17-14-11-8-5-2/h15,18,21,23,25-26,44H,4-14,16-17,19-20,22,24,27-43H2,1-3H3/b18-15-,25-21-,26-23-.